The van der Waals surface area contributed by atoms with Gasteiger partial charge in [0.05, 0.1) is 22.6 Å². The summed E-state index contributed by atoms with van der Waals surface area (Å²) in [6.45, 7) is 3.82. The maximum absolute atomic E-state index is 15.2. The van der Waals surface area contributed by atoms with Gasteiger partial charge >= 0.3 is 0 Å². The van der Waals surface area contributed by atoms with E-state index in [0.29, 0.717) is 17.8 Å². The van der Waals surface area contributed by atoms with E-state index in [9.17, 15) is 0 Å². The lowest BCUT2D eigenvalue weighted by atomic mass is 9.72. The van der Waals surface area contributed by atoms with Crippen LogP contribution in [0.5, 0.6) is 0 Å². The van der Waals surface area contributed by atoms with E-state index in [4.69, 9.17) is 4.98 Å². The van der Waals surface area contributed by atoms with Gasteiger partial charge in [-0.15, -0.1) is 0 Å². The largest absolute Gasteiger partial charge is 0.291 e. The monoisotopic (exact) mass is 607 g/mol. The van der Waals surface area contributed by atoms with Crippen LogP contribution in [0.3, 0.4) is 0 Å². The zero-order valence-corrected chi connectivity index (χ0v) is 26.6. The summed E-state index contributed by atoms with van der Waals surface area (Å²) in [6, 6.07) is 41.2. The number of likely N-dealkylation sites (N-methyl/N-ethyl adjacent to an activating group) is 1. The zero-order valence-electron chi connectivity index (χ0n) is 26.6. The molecule has 0 radical (unpaired) electrons. The molecule has 0 spiro atoms. The Hall–Kier alpha value is -5.33. The average Bonchev–Trinajstić information content (AvgIpc) is 3.12. The Morgan fingerprint density at radius 1 is 0.630 bits per heavy atom. The predicted octanol–water partition coefficient (Wildman–Crippen LogP) is 7.30. The molecule has 0 aliphatic rings. The van der Waals surface area contributed by atoms with E-state index >= 15 is 14.4 Å². The minimum Gasteiger partial charge on any atom is -0.291 e. The minimum atomic E-state index is -2.31. The molecule has 0 saturated heterocycles. The number of Topliss-reactive ketones (excluding diaryl/α,β-unsaturated/α-hetero) is 3. The molecule has 0 amide bonds. The number of rotatable bonds is 12. The molecule has 5 aromatic rings. The number of aromatic nitrogens is 1. The van der Waals surface area contributed by atoms with Crippen molar-refractivity contribution >= 4 is 23.1 Å². The first-order chi connectivity index (χ1) is 22.2. The van der Waals surface area contributed by atoms with Crippen molar-refractivity contribution in [2.75, 3.05) is 14.1 Å². The number of carbonyl (C=O) groups excluding carboxylic acids is 3. The van der Waals surface area contributed by atoms with E-state index in [0.717, 1.165) is 11.3 Å². The van der Waals surface area contributed by atoms with Gasteiger partial charge in [-0.3, -0.25) is 24.3 Å². The van der Waals surface area contributed by atoms with Crippen LogP contribution in [0.25, 0.3) is 0 Å². The lowest BCUT2D eigenvalue weighted by Crippen LogP contribution is -2.69. The maximum Gasteiger partial charge on any atom is 0.212 e. The molecule has 4 aromatic carbocycles. The fraction of sp³-hybridized carbons (Fsp3) is 0.175. The molecule has 0 saturated carbocycles. The minimum absolute atomic E-state index is 0.251. The second kappa shape index (κ2) is 13.8. The van der Waals surface area contributed by atoms with E-state index in [2.05, 4.69) is 4.99 Å². The number of carbonyl (C=O) groups is 3. The quantitative estimate of drug-likeness (QED) is 0.0845. The van der Waals surface area contributed by atoms with E-state index in [1.807, 2.05) is 62.4 Å². The number of aliphatic imine (C=N–C) groups is 1. The van der Waals surface area contributed by atoms with Gasteiger partial charge in [0.2, 0.25) is 5.54 Å². The van der Waals surface area contributed by atoms with E-state index in [-0.39, 0.29) is 16.7 Å². The molecule has 0 aliphatic carbocycles. The molecular formula is C40H37N3O3. The van der Waals surface area contributed by atoms with Gasteiger partial charge in [0.1, 0.15) is 0 Å². The summed E-state index contributed by atoms with van der Waals surface area (Å²) in [7, 11) is 3.40. The maximum atomic E-state index is 15.2. The average molecular weight is 608 g/mol. The first-order valence-electron chi connectivity index (χ1n) is 15.2. The summed E-state index contributed by atoms with van der Waals surface area (Å²) in [5, 5.41) is 0. The normalized spacial score (nSPS) is 13.2. The molecule has 0 N–H and O–H groups in total. The Morgan fingerprint density at radius 2 is 1.04 bits per heavy atom. The Kier molecular flexibility index (Phi) is 9.59. The van der Waals surface area contributed by atoms with Gasteiger partial charge < -0.3 is 0 Å². The Morgan fingerprint density at radius 3 is 1.46 bits per heavy atom. The summed E-state index contributed by atoms with van der Waals surface area (Å²) < 4.78 is 0. The summed E-state index contributed by atoms with van der Waals surface area (Å²) in [4.78, 5) is 56.5. The van der Waals surface area contributed by atoms with Crippen LogP contribution in [0.4, 0.5) is 0 Å². The number of hydrogen-bond donors (Lipinski definition) is 0. The number of ketones is 3. The van der Waals surface area contributed by atoms with Crippen LogP contribution >= 0.6 is 0 Å². The van der Waals surface area contributed by atoms with Gasteiger partial charge in [0.15, 0.2) is 17.3 Å². The Bertz CT molecular complexity index is 1730. The van der Waals surface area contributed by atoms with Crippen molar-refractivity contribution in [3.05, 3.63) is 173 Å². The highest BCUT2D eigenvalue weighted by Crippen LogP contribution is 2.40. The van der Waals surface area contributed by atoms with Gasteiger partial charge in [-0.05, 0) is 45.0 Å². The number of pyridine rings is 1. The van der Waals surface area contributed by atoms with Crippen LogP contribution in [0.2, 0.25) is 0 Å². The van der Waals surface area contributed by atoms with Gasteiger partial charge in [0.25, 0.3) is 0 Å². The molecule has 0 fully saturated rings. The topological polar surface area (TPSA) is 79.7 Å². The van der Waals surface area contributed by atoms with E-state index < -0.39 is 28.4 Å². The molecule has 6 heteroatoms. The van der Waals surface area contributed by atoms with Crippen LogP contribution in [-0.2, 0) is 12.0 Å². The summed E-state index contributed by atoms with van der Waals surface area (Å²) in [5.74, 6) is -1.83. The van der Waals surface area contributed by atoms with Crippen LogP contribution in [0.1, 0.15) is 61.9 Å². The standard InChI is InChI=1S/C40H37N3O3/c1-29(41-3)34-26-17-27-35(42-34)39(2,28-30-18-9-5-10-19-30)43(4)40(36(44)31-20-11-6-12-21-31,37(45)32-22-13-7-14-23-32)38(46)33-24-15-8-16-25-33/h5-27H,28H2,1-4H3/b41-29+. The van der Waals surface area contributed by atoms with Crippen molar-refractivity contribution in [3.8, 4) is 0 Å². The van der Waals surface area contributed by atoms with E-state index in [1.54, 1.807) is 110 Å². The zero-order chi connectivity index (χ0) is 32.7. The summed E-state index contributed by atoms with van der Waals surface area (Å²) in [5.41, 5.74) is 0.234. The third kappa shape index (κ3) is 6.00. The molecule has 230 valence electrons. The fourth-order valence-electron chi connectivity index (χ4n) is 5.96. The van der Waals surface area contributed by atoms with Crippen molar-refractivity contribution in [2.45, 2.75) is 31.3 Å². The van der Waals surface area contributed by atoms with Crippen LogP contribution < -0.4 is 0 Å². The molecule has 1 atom stereocenters. The highest BCUT2D eigenvalue weighted by molar-refractivity contribution is 6.40. The third-order valence-electron chi connectivity index (χ3n) is 8.74. The molecular weight excluding hydrogens is 570 g/mol. The Labute approximate surface area is 270 Å². The SMILES string of the molecule is C/N=C(\C)c1cccc(C(C)(Cc2ccccc2)N(C)C(C(=O)c2ccccc2)(C(=O)c2ccccc2)C(=O)c2ccccc2)n1. The van der Waals surface area contributed by atoms with Crippen LogP contribution in [0.15, 0.2) is 145 Å². The fourth-order valence-corrected chi connectivity index (χ4v) is 5.96. The first kappa shape index (κ1) is 32.1. The molecule has 1 heterocycles. The molecule has 5 rings (SSSR count). The van der Waals surface area contributed by atoms with Crippen LogP contribution in [-0.4, -0.2) is 52.6 Å². The van der Waals surface area contributed by atoms with Crippen molar-refractivity contribution < 1.29 is 14.4 Å². The molecule has 6 nitrogen and oxygen atoms in total. The first-order valence-corrected chi connectivity index (χ1v) is 15.2. The number of benzene rings is 4. The summed E-state index contributed by atoms with van der Waals surface area (Å²) in [6.07, 6.45) is 0.344. The van der Waals surface area contributed by atoms with Crippen molar-refractivity contribution in [2.24, 2.45) is 4.99 Å². The second-order valence-electron chi connectivity index (χ2n) is 11.5. The second-order valence-corrected chi connectivity index (χ2v) is 11.5. The van der Waals surface area contributed by atoms with Crippen molar-refractivity contribution in [1.29, 1.82) is 0 Å². The van der Waals surface area contributed by atoms with Crippen molar-refractivity contribution in [3.63, 3.8) is 0 Å². The number of hydrogen-bond acceptors (Lipinski definition) is 6. The lowest BCUT2D eigenvalue weighted by molar-refractivity contribution is 0.0156. The molecule has 1 aromatic heterocycles. The molecule has 0 bridgehead atoms. The molecule has 1 unspecified atom stereocenters. The highest BCUT2D eigenvalue weighted by atomic mass is 16.2. The lowest BCUT2D eigenvalue weighted by Gasteiger charge is -2.48. The number of nitrogens with zero attached hydrogens (tertiary/aromatic N) is 3. The van der Waals surface area contributed by atoms with Gasteiger partial charge in [-0.25, -0.2) is 4.98 Å². The van der Waals surface area contributed by atoms with Gasteiger partial charge in [-0.1, -0.05) is 127 Å². The molecule has 0 aliphatic heterocycles. The van der Waals surface area contributed by atoms with Crippen LogP contribution in [0, 0.1) is 0 Å². The van der Waals surface area contributed by atoms with Gasteiger partial charge in [-0.2, -0.15) is 0 Å². The predicted molar refractivity (Wildman–Crippen MR) is 183 cm³/mol. The third-order valence-corrected chi connectivity index (χ3v) is 8.74. The van der Waals surface area contributed by atoms with Gasteiger partial charge in [0, 0.05) is 23.7 Å². The Balaban J connectivity index is 1.87. The molecule has 46 heavy (non-hydrogen) atoms. The summed E-state index contributed by atoms with van der Waals surface area (Å²) >= 11 is 0. The highest BCUT2D eigenvalue weighted by Gasteiger charge is 2.60. The van der Waals surface area contributed by atoms with E-state index in [1.165, 1.54) is 0 Å². The van der Waals surface area contributed by atoms with Crippen molar-refractivity contribution in [1.82, 2.24) is 9.88 Å². The smallest absolute Gasteiger partial charge is 0.212 e.